The molecule has 5 aromatic rings. The summed E-state index contributed by atoms with van der Waals surface area (Å²) >= 11 is 1.52. The maximum Gasteiger partial charge on any atom is 0.343 e. The van der Waals surface area contributed by atoms with Crippen LogP contribution in [0.3, 0.4) is 0 Å². The first-order chi connectivity index (χ1) is 16.2. The molecule has 5 heteroatoms. The second-order valence-electron chi connectivity index (χ2n) is 7.25. The Morgan fingerprint density at radius 1 is 0.636 bits per heavy atom. The summed E-state index contributed by atoms with van der Waals surface area (Å²) in [7, 11) is 0. The Hall–Kier alpha value is -4.22. The van der Waals surface area contributed by atoms with Crippen LogP contribution in [0.5, 0.6) is 11.5 Å². The monoisotopic (exact) mass is 449 g/mol. The molecule has 4 nitrogen and oxygen atoms in total. The van der Waals surface area contributed by atoms with Gasteiger partial charge in [-0.2, -0.15) is 0 Å². The molecule has 5 rings (SSSR count). The molecule has 0 amide bonds. The number of hydrogen-bond acceptors (Lipinski definition) is 5. The molecule has 0 atom stereocenters. The van der Waals surface area contributed by atoms with Crippen molar-refractivity contribution in [1.82, 2.24) is 0 Å². The average molecular weight is 450 g/mol. The highest BCUT2D eigenvalue weighted by molar-refractivity contribution is 7.22. The van der Waals surface area contributed by atoms with Crippen molar-refractivity contribution in [2.24, 2.45) is 0 Å². The van der Waals surface area contributed by atoms with Crippen molar-refractivity contribution in [3.05, 3.63) is 120 Å². The fourth-order valence-corrected chi connectivity index (χ4v) is 4.35. The highest BCUT2D eigenvalue weighted by atomic mass is 32.1. The van der Waals surface area contributed by atoms with Crippen molar-refractivity contribution >= 4 is 33.4 Å². The van der Waals surface area contributed by atoms with Crippen LogP contribution in [0.4, 0.5) is 0 Å². The van der Waals surface area contributed by atoms with Crippen molar-refractivity contribution in [3.63, 3.8) is 0 Å². The van der Waals surface area contributed by atoms with Crippen LogP contribution in [0.2, 0.25) is 0 Å². The molecule has 0 bridgehead atoms. The lowest BCUT2D eigenvalue weighted by Gasteiger charge is -2.05. The van der Waals surface area contributed by atoms with Crippen LogP contribution in [0.25, 0.3) is 20.5 Å². The van der Waals surface area contributed by atoms with E-state index in [1.54, 1.807) is 60.7 Å². The van der Waals surface area contributed by atoms with E-state index < -0.39 is 11.9 Å². The van der Waals surface area contributed by atoms with Gasteiger partial charge in [0.15, 0.2) is 0 Å². The van der Waals surface area contributed by atoms with E-state index in [2.05, 4.69) is 6.07 Å². The largest absolute Gasteiger partial charge is 0.423 e. The second kappa shape index (κ2) is 9.10. The molecule has 159 valence electrons. The summed E-state index contributed by atoms with van der Waals surface area (Å²) < 4.78 is 12.0. The number of carbonyl (C=O) groups excluding carboxylic acids is 2. The van der Waals surface area contributed by atoms with Gasteiger partial charge >= 0.3 is 11.9 Å². The van der Waals surface area contributed by atoms with Gasteiger partial charge in [0.2, 0.25) is 0 Å². The fraction of sp³-hybridized carbons (Fsp3) is 0. The SMILES string of the molecule is O=C(Oc1cccc(-c2[c]c3ccc(OC(=O)c4ccccc4)cc3s2)c1)c1ccccc1. The van der Waals surface area contributed by atoms with Gasteiger partial charge in [0.1, 0.15) is 11.5 Å². The van der Waals surface area contributed by atoms with Crippen LogP contribution < -0.4 is 9.47 Å². The third-order valence-electron chi connectivity index (χ3n) is 4.95. The second-order valence-corrected chi connectivity index (χ2v) is 8.31. The zero-order valence-corrected chi connectivity index (χ0v) is 18.2. The average Bonchev–Trinajstić information content (AvgIpc) is 3.29. The number of hydrogen-bond donors (Lipinski definition) is 0. The first-order valence-electron chi connectivity index (χ1n) is 10.3. The standard InChI is InChI=1S/C28H17O4S/c29-27(19-8-3-1-4-9-19)31-23-13-7-12-21(16-23)25-17-22-14-15-24(18-26(22)33-25)32-28(30)20-10-5-2-6-11-20/h1-16,18H. The molecule has 0 N–H and O–H groups in total. The van der Waals surface area contributed by atoms with Crippen LogP contribution in [0, 0.1) is 6.07 Å². The molecule has 0 saturated heterocycles. The van der Waals surface area contributed by atoms with Crippen molar-refractivity contribution < 1.29 is 19.1 Å². The third-order valence-corrected chi connectivity index (χ3v) is 6.05. The summed E-state index contributed by atoms with van der Waals surface area (Å²) in [5.41, 5.74) is 1.88. The van der Waals surface area contributed by atoms with Gasteiger partial charge in [-0.25, -0.2) is 9.59 Å². The third kappa shape index (κ3) is 4.68. The number of thiophene rings is 1. The van der Waals surface area contributed by atoms with Crippen molar-refractivity contribution in [2.75, 3.05) is 0 Å². The lowest BCUT2D eigenvalue weighted by Crippen LogP contribution is -2.07. The topological polar surface area (TPSA) is 52.6 Å². The van der Waals surface area contributed by atoms with Crippen LogP contribution >= 0.6 is 11.3 Å². The summed E-state index contributed by atoms with van der Waals surface area (Å²) in [6, 6.07) is 33.9. The molecule has 1 aromatic heterocycles. The Morgan fingerprint density at radius 2 is 1.24 bits per heavy atom. The molecule has 33 heavy (non-hydrogen) atoms. The van der Waals surface area contributed by atoms with Gasteiger partial charge < -0.3 is 9.47 Å². The van der Waals surface area contributed by atoms with Gasteiger partial charge in [0.05, 0.1) is 11.1 Å². The van der Waals surface area contributed by atoms with Crippen molar-refractivity contribution in [1.29, 1.82) is 0 Å². The highest BCUT2D eigenvalue weighted by Crippen LogP contribution is 2.36. The predicted octanol–water partition coefficient (Wildman–Crippen LogP) is 6.81. The molecular formula is C28H17O4S. The lowest BCUT2D eigenvalue weighted by molar-refractivity contribution is 0.0725. The summed E-state index contributed by atoms with van der Waals surface area (Å²) in [5.74, 6) is 0.134. The van der Waals surface area contributed by atoms with Crippen molar-refractivity contribution in [3.8, 4) is 21.9 Å². The molecule has 0 aliphatic rings. The zero-order valence-electron chi connectivity index (χ0n) is 17.4. The maximum absolute atomic E-state index is 12.4. The van der Waals surface area contributed by atoms with Gasteiger partial charge in [0, 0.05) is 21.0 Å². The van der Waals surface area contributed by atoms with E-state index in [1.165, 1.54) is 11.3 Å². The van der Waals surface area contributed by atoms with E-state index in [9.17, 15) is 9.59 Å². The number of esters is 2. The molecule has 0 aliphatic carbocycles. The molecule has 0 fully saturated rings. The first-order valence-corrected chi connectivity index (χ1v) is 11.1. The van der Waals surface area contributed by atoms with E-state index >= 15 is 0 Å². The minimum absolute atomic E-state index is 0.399. The lowest BCUT2D eigenvalue weighted by atomic mass is 10.1. The number of benzene rings is 4. The maximum atomic E-state index is 12.4. The number of ether oxygens (including phenoxy) is 2. The summed E-state index contributed by atoms with van der Waals surface area (Å²) in [4.78, 5) is 25.6. The summed E-state index contributed by atoms with van der Waals surface area (Å²) in [5, 5.41) is 0.918. The minimum atomic E-state index is -0.405. The van der Waals surface area contributed by atoms with Gasteiger partial charge in [-0.05, 0) is 60.2 Å². The van der Waals surface area contributed by atoms with Crippen LogP contribution in [-0.4, -0.2) is 11.9 Å². The molecule has 1 radical (unpaired) electrons. The highest BCUT2D eigenvalue weighted by Gasteiger charge is 2.12. The molecule has 0 unspecified atom stereocenters. The van der Waals surface area contributed by atoms with Gasteiger partial charge in [0.25, 0.3) is 0 Å². The van der Waals surface area contributed by atoms with E-state index in [1.807, 2.05) is 42.5 Å². The molecule has 0 aliphatic heterocycles. The minimum Gasteiger partial charge on any atom is -0.423 e. The molecule has 4 aromatic carbocycles. The van der Waals surface area contributed by atoms with Gasteiger partial charge in [-0.3, -0.25) is 0 Å². The Kier molecular flexibility index (Phi) is 5.70. The van der Waals surface area contributed by atoms with Gasteiger partial charge in [-0.1, -0.05) is 48.5 Å². The number of rotatable bonds is 5. The fourth-order valence-electron chi connectivity index (χ4n) is 3.32. The van der Waals surface area contributed by atoms with E-state index in [0.717, 1.165) is 20.5 Å². The molecule has 0 saturated carbocycles. The van der Waals surface area contributed by atoms with E-state index in [0.29, 0.717) is 22.6 Å². The quantitative estimate of drug-likeness (QED) is 0.219. The van der Waals surface area contributed by atoms with Crippen LogP contribution in [-0.2, 0) is 0 Å². The van der Waals surface area contributed by atoms with Crippen LogP contribution in [0.15, 0.2) is 103 Å². The van der Waals surface area contributed by atoms with Crippen LogP contribution in [0.1, 0.15) is 20.7 Å². The molecule has 1 heterocycles. The van der Waals surface area contributed by atoms with Gasteiger partial charge in [-0.15, -0.1) is 11.3 Å². The Morgan fingerprint density at radius 3 is 1.88 bits per heavy atom. The molecule has 0 spiro atoms. The van der Waals surface area contributed by atoms with E-state index in [4.69, 9.17) is 9.47 Å². The van der Waals surface area contributed by atoms with Crippen molar-refractivity contribution in [2.45, 2.75) is 0 Å². The number of carbonyl (C=O) groups is 2. The first kappa shape index (κ1) is 20.7. The smallest absolute Gasteiger partial charge is 0.343 e. The normalized spacial score (nSPS) is 10.7. The zero-order chi connectivity index (χ0) is 22.6. The Bertz CT molecular complexity index is 1440. The molecular weight excluding hydrogens is 432 g/mol. The number of fused-ring (bicyclic) bond motifs is 1. The summed E-state index contributed by atoms with van der Waals surface area (Å²) in [6.07, 6.45) is 0. The summed E-state index contributed by atoms with van der Waals surface area (Å²) in [6.45, 7) is 0. The Balaban J connectivity index is 1.36. The Labute approximate surface area is 194 Å². The van der Waals surface area contributed by atoms with E-state index in [-0.39, 0.29) is 0 Å². The predicted molar refractivity (Wildman–Crippen MR) is 129 cm³/mol.